The van der Waals surface area contributed by atoms with Crippen molar-refractivity contribution in [2.45, 2.75) is 39.2 Å². The van der Waals surface area contributed by atoms with Crippen LogP contribution < -0.4 is 21.5 Å². The van der Waals surface area contributed by atoms with Gasteiger partial charge in [0.05, 0.1) is 5.39 Å². The molecule has 1 aromatic heterocycles. The molecule has 0 saturated carbocycles. The van der Waals surface area contributed by atoms with E-state index in [2.05, 4.69) is 35.6 Å². The number of benzene rings is 2. The minimum absolute atomic E-state index is 0.121. The molecule has 1 unspecified atom stereocenters. The quantitative estimate of drug-likeness (QED) is 0.420. The molecule has 1 saturated heterocycles. The molecule has 0 radical (unpaired) electrons. The van der Waals surface area contributed by atoms with Crippen LogP contribution in [0.25, 0.3) is 10.8 Å². The maximum absolute atomic E-state index is 15.8. The Bertz CT molecular complexity index is 1580. The molecule has 1 aliphatic carbocycles. The zero-order valence-corrected chi connectivity index (χ0v) is 24.8. The lowest BCUT2D eigenvalue weighted by Gasteiger charge is -2.38. The Balaban J connectivity index is 0.000000322. The van der Waals surface area contributed by atoms with Crippen molar-refractivity contribution in [1.82, 2.24) is 14.8 Å². The lowest BCUT2D eigenvalue weighted by atomic mass is 9.97. The molecule has 3 aromatic rings. The van der Waals surface area contributed by atoms with Crippen LogP contribution in [0, 0.1) is 18.6 Å². The highest BCUT2D eigenvalue weighted by Crippen LogP contribution is 2.49. The molecule has 0 amide bonds. The number of pyridine rings is 1. The van der Waals surface area contributed by atoms with E-state index < -0.39 is 5.82 Å². The minimum Gasteiger partial charge on any atom is -0.393 e. The highest BCUT2D eigenvalue weighted by Gasteiger charge is 2.41. The summed E-state index contributed by atoms with van der Waals surface area (Å²) in [7, 11) is 3.43. The third-order valence-corrected chi connectivity index (χ3v) is 7.87. The molecule has 2 aliphatic rings. The first-order valence-corrected chi connectivity index (χ1v) is 13.8. The average molecular weight is 563 g/mol. The van der Waals surface area contributed by atoms with Gasteiger partial charge < -0.3 is 20.9 Å². The zero-order chi connectivity index (χ0) is 30.1. The van der Waals surface area contributed by atoms with E-state index in [0.717, 1.165) is 16.8 Å². The highest BCUT2D eigenvalue weighted by atomic mass is 19.1. The Labute approximate surface area is 240 Å². The van der Waals surface area contributed by atoms with Crippen LogP contribution in [0.2, 0.25) is 0 Å². The van der Waals surface area contributed by atoms with Gasteiger partial charge in [0.15, 0.2) is 5.82 Å². The van der Waals surface area contributed by atoms with Gasteiger partial charge in [0.25, 0.3) is 5.56 Å². The maximum atomic E-state index is 15.8. The fraction of sp³-hybridized carbons (Fsp3) is 0.375. The van der Waals surface area contributed by atoms with E-state index in [4.69, 9.17) is 5.73 Å². The number of allylic oxidation sites excluding steroid dienone is 1. The summed E-state index contributed by atoms with van der Waals surface area (Å²) < 4.78 is 29.8. The molecule has 218 valence electrons. The van der Waals surface area contributed by atoms with Crippen molar-refractivity contribution in [1.29, 1.82) is 0 Å². The Morgan fingerprint density at radius 3 is 2.41 bits per heavy atom. The summed E-state index contributed by atoms with van der Waals surface area (Å²) in [5, 5.41) is 3.57. The number of halogens is 2. The molecule has 1 aliphatic heterocycles. The number of aromatic nitrogens is 1. The van der Waals surface area contributed by atoms with Crippen LogP contribution in [0.15, 0.2) is 64.8 Å². The number of rotatable bonds is 6. The predicted molar refractivity (Wildman–Crippen MR) is 165 cm³/mol. The predicted octanol–water partition coefficient (Wildman–Crippen LogP) is 4.87. The van der Waals surface area contributed by atoms with Crippen LogP contribution in [0.4, 0.5) is 14.6 Å². The van der Waals surface area contributed by atoms with Gasteiger partial charge in [0, 0.05) is 81.4 Å². The van der Waals surface area contributed by atoms with Crippen LogP contribution in [0.1, 0.15) is 49.1 Å². The molecule has 1 atom stereocenters. The number of nitrogens with two attached hydrogens (primary N) is 1. The molecule has 3 N–H and O–H groups in total. The Hall–Kier alpha value is -3.98. The van der Waals surface area contributed by atoms with Gasteiger partial charge in [-0.15, -0.1) is 0 Å². The molecule has 1 fully saturated rings. The van der Waals surface area contributed by atoms with E-state index in [0.29, 0.717) is 48.3 Å². The van der Waals surface area contributed by atoms with Crippen molar-refractivity contribution in [2.75, 3.05) is 38.1 Å². The van der Waals surface area contributed by atoms with E-state index in [1.54, 1.807) is 44.8 Å². The smallest absolute Gasteiger partial charge is 0.259 e. The van der Waals surface area contributed by atoms with Gasteiger partial charge in [0.1, 0.15) is 11.6 Å². The molecule has 0 spiro atoms. The second-order valence-corrected chi connectivity index (χ2v) is 11.2. The molecule has 9 heteroatoms. The summed E-state index contributed by atoms with van der Waals surface area (Å²) in [5.41, 5.74) is 10.8. The molecule has 2 aromatic carbocycles. The van der Waals surface area contributed by atoms with Crippen molar-refractivity contribution in [3.05, 3.63) is 99.2 Å². The number of anilines is 1. The number of hydrogen-bond acceptors (Lipinski definition) is 6. The van der Waals surface area contributed by atoms with Crippen molar-refractivity contribution < 1.29 is 8.78 Å². The second kappa shape index (κ2) is 11.9. The number of nitrogens with zero attached hydrogens (tertiary/aromatic N) is 4. The normalized spacial score (nSPS) is 16.5. The molecule has 7 nitrogen and oxygen atoms in total. The number of nitrogens with one attached hydrogen (secondary N) is 1. The number of aryl methyl sites for hydroxylation is 1. The molecular formula is C32H40F2N6O. The fourth-order valence-corrected chi connectivity index (χ4v) is 5.44. The second-order valence-electron chi connectivity index (χ2n) is 11.2. The first-order valence-electron chi connectivity index (χ1n) is 13.8. The molecule has 5 rings (SSSR count). The molecular weight excluding hydrogens is 522 g/mol. The van der Waals surface area contributed by atoms with Crippen molar-refractivity contribution in [3.8, 4) is 0 Å². The van der Waals surface area contributed by atoms with Crippen LogP contribution in [-0.4, -0.2) is 48.9 Å². The molecule has 0 bridgehead atoms. The molecule has 2 heterocycles. The number of fused-ring (bicyclic) bond motifs is 2. The van der Waals surface area contributed by atoms with Crippen LogP contribution >= 0.6 is 0 Å². The van der Waals surface area contributed by atoms with E-state index in [9.17, 15) is 9.18 Å². The van der Waals surface area contributed by atoms with Gasteiger partial charge in [-0.1, -0.05) is 32.6 Å². The Morgan fingerprint density at radius 1 is 1.15 bits per heavy atom. The topological polar surface area (TPSA) is 78.9 Å². The largest absolute Gasteiger partial charge is 0.393 e. The van der Waals surface area contributed by atoms with E-state index in [1.807, 2.05) is 30.9 Å². The summed E-state index contributed by atoms with van der Waals surface area (Å²) in [6, 6.07) is 8.23. The van der Waals surface area contributed by atoms with Crippen LogP contribution in [0.3, 0.4) is 0 Å². The van der Waals surface area contributed by atoms with Gasteiger partial charge in [-0.2, -0.15) is 0 Å². The zero-order valence-electron chi connectivity index (χ0n) is 24.8. The lowest BCUT2D eigenvalue weighted by molar-refractivity contribution is 0.334. The van der Waals surface area contributed by atoms with Crippen molar-refractivity contribution in [2.24, 2.45) is 17.8 Å². The minimum atomic E-state index is -0.393. The monoisotopic (exact) mass is 562 g/mol. The maximum Gasteiger partial charge on any atom is 0.259 e. The van der Waals surface area contributed by atoms with Crippen LogP contribution in [-0.2, 0) is 12.5 Å². The molecule has 41 heavy (non-hydrogen) atoms. The van der Waals surface area contributed by atoms with Crippen LogP contribution in [0.5, 0.6) is 0 Å². The van der Waals surface area contributed by atoms with Gasteiger partial charge in [-0.05, 0) is 54.3 Å². The summed E-state index contributed by atoms with van der Waals surface area (Å²) in [6.45, 7) is 14.4. The van der Waals surface area contributed by atoms with Gasteiger partial charge >= 0.3 is 0 Å². The third-order valence-electron chi connectivity index (χ3n) is 7.87. The summed E-state index contributed by atoms with van der Waals surface area (Å²) >= 11 is 0. The fourth-order valence-electron chi connectivity index (χ4n) is 5.44. The summed E-state index contributed by atoms with van der Waals surface area (Å²) in [6.07, 6.45) is 5.08. The summed E-state index contributed by atoms with van der Waals surface area (Å²) in [4.78, 5) is 21.3. The SMILES string of the molecule is C=C(C=N/C=C\NC)N1CCN(c2c(F)c3c(C(C)N)cc(C)cc3c(=O)n2C)CC1.CC1(C)c2ccc(F)cc21. The van der Waals surface area contributed by atoms with Crippen molar-refractivity contribution >= 4 is 22.8 Å². The van der Waals surface area contributed by atoms with E-state index in [1.165, 1.54) is 16.2 Å². The Morgan fingerprint density at radius 2 is 1.83 bits per heavy atom. The number of aliphatic imine (C=N–C) groups is 1. The standard InChI is InChI=1S/C23H31FN6O.C9H9F/c1-15-12-18(17(3)25)20-19(13-15)23(31)28(5)22(21(20)24)30-10-8-29(9-11-30)16(2)14-27-7-6-26-4;1-9(2)7-4-3-6(10)5-8(7)9/h6-7,12-14,17,26H,2,8-11,25H2,1,3-5H3;3-5H,1-2H3/b7-6-,27-14?;. The van der Waals surface area contributed by atoms with Gasteiger partial charge in [-0.3, -0.25) is 14.4 Å². The number of piperazine rings is 1. The highest BCUT2D eigenvalue weighted by molar-refractivity contribution is 5.89. The van der Waals surface area contributed by atoms with Crippen molar-refractivity contribution in [3.63, 3.8) is 0 Å². The van der Waals surface area contributed by atoms with Gasteiger partial charge in [0.2, 0.25) is 0 Å². The first kappa shape index (κ1) is 30.0. The Kier molecular flexibility index (Phi) is 8.68. The summed E-state index contributed by atoms with van der Waals surface area (Å²) in [5.74, 6) is -0.209. The number of hydrogen-bond donors (Lipinski definition) is 2. The van der Waals surface area contributed by atoms with E-state index >= 15 is 4.39 Å². The third kappa shape index (κ3) is 6.05. The first-order chi connectivity index (χ1) is 19.4. The van der Waals surface area contributed by atoms with Gasteiger partial charge in [-0.25, -0.2) is 8.78 Å². The average Bonchev–Trinajstić information content (AvgIpc) is 3.48. The van der Waals surface area contributed by atoms with E-state index in [-0.39, 0.29) is 22.8 Å². The lowest BCUT2D eigenvalue weighted by Crippen LogP contribution is -2.47.